The van der Waals surface area contributed by atoms with Crippen LogP contribution in [-0.4, -0.2) is 5.91 Å². The molecule has 1 amide bonds. The average molecular weight is 186 g/mol. The number of nitriles is 1. The summed E-state index contributed by atoms with van der Waals surface area (Å²) in [6.07, 6.45) is 2.80. The van der Waals surface area contributed by atoms with Gasteiger partial charge in [0.25, 0.3) is 0 Å². The zero-order valence-corrected chi connectivity index (χ0v) is 7.82. The van der Waals surface area contributed by atoms with Crippen LogP contribution in [0.25, 0.3) is 6.08 Å². The highest BCUT2D eigenvalue weighted by Crippen LogP contribution is 2.14. The molecular formula is C11H10N2O. The SMILES string of the molecule is Cc1cccc(/C=C/C(N)=O)c1C#N. The largest absolute Gasteiger partial charge is 0.366 e. The molecule has 0 aromatic heterocycles. The molecule has 0 saturated carbocycles. The van der Waals surface area contributed by atoms with Crippen LogP contribution in [0.1, 0.15) is 16.7 Å². The van der Waals surface area contributed by atoms with Crippen molar-refractivity contribution >= 4 is 12.0 Å². The molecule has 0 bridgehead atoms. The summed E-state index contributed by atoms with van der Waals surface area (Å²) in [7, 11) is 0. The Morgan fingerprint density at radius 1 is 1.57 bits per heavy atom. The lowest BCUT2D eigenvalue weighted by Crippen LogP contribution is -2.05. The topological polar surface area (TPSA) is 66.9 Å². The highest BCUT2D eigenvalue weighted by molar-refractivity contribution is 5.90. The molecule has 0 aliphatic carbocycles. The lowest BCUT2D eigenvalue weighted by Gasteiger charge is -2.00. The Morgan fingerprint density at radius 3 is 2.86 bits per heavy atom. The molecule has 0 atom stereocenters. The Kier molecular flexibility index (Phi) is 3.03. The Bertz CT molecular complexity index is 427. The highest BCUT2D eigenvalue weighted by atomic mass is 16.1. The van der Waals surface area contributed by atoms with E-state index in [0.717, 1.165) is 5.56 Å². The van der Waals surface area contributed by atoms with Gasteiger partial charge >= 0.3 is 0 Å². The Balaban J connectivity index is 3.16. The van der Waals surface area contributed by atoms with E-state index < -0.39 is 5.91 Å². The van der Waals surface area contributed by atoms with Crippen molar-refractivity contribution in [2.24, 2.45) is 5.73 Å². The first kappa shape index (κ1) is 10.0. The van der Waals surface area contributed by atoms with Crippen LogP contribution < -0.4 is 5.73 Å². The number of hydrogen-bond acceptors (Lipinski definition) is 2. The standard InChI is InChI=1S/C11H10N2O/c1-8-3-2-4-9(10(8)7-12)5-6-11(13)14/h2-6H,1H3,(H2,13,14)/b6-5+. The molecule has 14 heavy (non-hydrogen) atoms. The molecule has 3 nitrogen and oxygen atoms in total. The summed E-state index contributed by atoms with van der Waals surface area (Å²) in [6, 6.07) is 7.53. The molecule has 70 valence electrons. The van der Waals surface area contributed by atoms with E-state index in [4.69, 9.17) is 11.0 Å². The molecule has 0 saturated heterocycles. The Labute approximate surface area is 82.5 Å². The van der Waals surface area contributed by atoms with Gasteiger partial charge in [0.05, 0.1) is 5.56 Å². The second-order valence-electron chi connectivity index (χ2n) is 2.89. The summed E-state index contributed by atoms with van der Waals surface area (Å²) >= 11 is 0. The zero-order chi connectivity index (χ0) is 10.6. The fraction of sp³-hybridized carbons (Fsp3) is 0.0909. The number of rotatable bonds is 2. The van der Waals surface area contributed by atoms with Gasteiger partial charge in [-0.2, -0.15) is 5.26 Å². The van der Waals surface area contributed by atoms with E-state index in [1.165, 1.54) is 6.08 Å². The zero-order valence-electron chi connectivity index (χ0n) is 7.82. The van der Waals surface area contributed by atoms with Gasteiger partial charge in [-0.15, -0.1) is 0 Å². The first-order valence-electron chi connectivity index (χ1n) is 4.12. The summed E-state index contributed by atoms with van der Waals surface area (Å²) in [6.45, 7) is 1.85. The van der Waals surface area contributed by atoms with Crippen molar-refractivity contribution in [1.29, 1.82) is 5.26 Å². The second kappa shape index (κ2) is 4.24. The number of aryl methyl sites for hydroxylation is 1. The van der Waals surface area contributed by atoms with Crippen LogP contribution >= 0.6 is 0 Å². The van der Waals surface area contributed by atoms with Crippen LogP contribution in [0.5, 0.6) is 0 Å². The Hall–Kier alpha value is -2.08. The van der Waals surface area contributed by atoms with E-state index in [9.17, 15) is 4.79 Å². The minimum atomic E-state index is -0.518. The van der Waals surface area contributed by atoms with Gasteiger partial charge in [-0.25, -0.2) is 0 Å². The molecule has 0 unspecified atom stereocenters. The normalized spacial score (nSPS) is 10.0. The van der Waals surface area contributed by atoms with Crippen molar-refractivity contribution in [2.75, 3.05) is 0 Å². The molecule has 0 aliphatic heterocycles. The molecule has 3 heteroatoms. The quantitative estimate of drug-likeness (QED) is 0.708. The number of hydrogen-bond donors (Lipinski definition) is 1. The first-order chi connectivity index (χ1) is 6.65. The van der Waals surface area contributed by atoms with Gasteiger partial charge in [0.15, 0.2) is 0 Å². The molecule has 1 aromatic rings. The van der Waals surface area contributed by atoms with E-state index in [2.05, 4.69) is 6.07 Å². The van der Waals surface area contributed by atoms with E-state index in [0.29, 0.717) is 11.1 Å². The number of primary amides is 1. The van der Waals surface area contributed by atoms with Crippen molar-refractivity contribution in [2.45, 2.75) is 6.92 Å². The highest BCUT2D eigenvalue weighted by Gasteiger charge is 2.01. The van der Waals surface area contributed by atoms with Gasteiger partial charge < -0.3 is 5.73 Å². The monoisotopic (exact) mass is 186 g/mol. The van der Waals surface area contributed by atoms with Gasteiger partial charge in [0.1, 0.15) is 6.07 Å². The van der Waals surface area contributed by atoms with Crippen LogP contribution in [-0.2, 0) is 4.79 Å². The van der Waals surface area contributed by atoms with Gasteiger partial charge in [-0.1, -0.05) is 18.2 Å². The molecule has 0 heterocycles. The van der Waals surface area contributed by atoms with E-state index in [-0.39, 0.29) is 0 Å². The van der Waals surface area contributed by atoms with Crippen molar-refractivity contribution in [1.82, 2.24) is 0 Å². The lowest BCUT2D eigenvalue weighted by molar-refractivity contribution is -0.113. The van der Waals surface area contributed by atoms with Crippen LogP contribution in [0, 0.1) is 18.3 Å². The summed E-state index contributed by atoms with van der Waals surface area (Å²) < 4.78 is 0. The van der Waals surface area contributed by atoms with Crippen LogP contribution in [0.15, 0.2) is 24.3 Å². The maximum atomic E-state index is 10.5. The Morgan fingerprint density at radius 2 is 2.29 bits per heavy atom. The van der Waals surface area contributed by atoms with Crippen LogP contribution in [0.3, 0.4) is 0 Å². The number of amides is 1. The maximum Gasteiger partial charge on any atom is 0.241 e. The van der Waals surface area contributed by atoms with Crippen molar-refractivity contribution < 1.29 is 4.79 Å². The van der Waals surface area contributed by atoms with E-state index in [1.54, 1.807) is 12.1 Å². The predicted molar refractivity (Wildman–Crippen MR) is 54.1 cm³/mol. The average Bonchev–Trinajstić information content (AvgIpc) is 2.14. The molecule has 0 spiro atoms. The summed E-state index contributed by atoms with van der Waals surface area (Å²) in [5, 5.41) is 8.86. The van der Waals surface area contributed by atoms with E-state index >= 15 is 0 Å². The third-order valence-electron chi connectivity index (χ3n) is 1.84. The predicted octanol–water partition coefficient (Wildman–Crippen LogP) is 1.37. The molecule has 2 N–H and O–H groups in total. The molecule has 0 radical (unpaired) electrons. The van der Waals surface area contributed by atoms with Crippen molar-refractivity contribution in [3.63, 3.8) is 0 Å². The molecule has 1 rings (SSSR count). The van der Waals surface area contributed by atoms with Gasteiger partial charge in [0, 0.05) is 6.08 Å². The first-order valence-corrected chi connectivity index (χ1v) is 4.12. The fourth-order valence-corrected chi connectivity index (χ4v) is 1.15. The lowest BCUT2D eigenvalue weighted by atomic mass is 10.0. The summed E-state index contributed by atoms with van der Waals surface area (Å²) in [5.74, 6) is -0.518. The van der Waals surface area contributed by atoms with Crippen molar-refractivity contribution in [3.8, 4) is 6.07 Å². The number of nitrogens with zero attached hydrogens (tertiary/aromatic N) is 1. The van der Waals surface area contributed by atoms with Crippen LogP contribution in [0.2, 0.25) is 0 Å². The molecular weight excluding hydrogens is 176 g/mol. The van der Waals surface area contributed by atoms with Gasteiger partial charge in [-0.05, 0) is 24.1 Å². The molecule has 0 fully saturated rings. The van der Waals surface area contributed by atoms with Crippen molar-refractivity contribution in [3.05, 3.63) is 41.0 Å². The minimum absolute atomic E-state index is 0.518. The van der Waals surface area contributed by atoms with Gasteiger partial charge in [0.2, 0.25) is 5.91 Å². The third kappa shape index (κ3) is 2.20. The third-order valence-corrected chi connectivity index (χ3v) is 1.84. The smallest absolute Gasteiger partial charge is 0.241 e. The fourth-order valence-electron chi connectivity index (χ4n) is 1.15. The number of benzene rings is 1. The summed E-state index contributed by atoms with van der Waals surface area (Å²) in [5.41, 5.74) is 7.14. The van der Waals surface area contributed by atoms with Gasteiger partial charge in [-0.3, -0.25) is 4.79 Å². The number of carbonyl (C=O) groups is 1. The molecule has 1 aromatic carbocycles. The number of carbonyl (C=O) groups excluding carboxylic acids is 1. The second-order valence-corrected chi connectivity index (χ2v) is 2.89. The molecule has 0 aliphatic rings. The minimum Gasteiger partial charge on any atom is -0.366 e. The van der Waals surface area contributed by atoms with Crippen LogP contribution in [0.4, 0.5) is 0 Å². The maximum absolute atomic E-state index is 10.5. The van der Waals surface area contributed by atoms with E-state index in [1.807, 2.05) is 19.1 Å². The summed E-state index contributed by atoms with van der Waals surface area (Å²) in [4.78, 5) is 10.5. The number of nitrogens with two attached hydrogens (primary N) is 1.